The maximum atomic E-state index is 12.4. The van der Waals surface area contributed by atoms with Crippen molar-refractivity contribution >= 4 is 27.3 Å². The van der Waals surface area contributed by atoms with Crippen LogP contribution >= 0.6 is 11.6 Å². The number of aromatic hydroxyl groups is 1. The van der Waals surface area contributed by atoms with E-state index in [1.165, 1.54) is 24.3 Å². The maximum absolute atomic E-state index is 12.4. The average molecular weight is 340 g/mol. The Bertz CT molecular complexity index is 784. The van der Waals surface area contributed by atoms with Crippen LogP contribution in [0.5, 0.6) is 5.75 Å². The Morgan fingerprint density at radius 1 is 1.14 bits per heavy atom. The molecule has 0 spiro atoms. The number of sulfonamides is 1. The van der Waals surface area contributed by atoms with Crippen molar-refractivity contribution in [2.45, 2.75) is 31.6 Å². The Labute approximate surface area is 135 Å². The van der Waals surface area contributed by atoms with Crippen LogP contribution in [0.2, 0.25) is 5.02 Å². The molecule has 0 saturated heterocycles. The fourth-order valence-corrected chi connectivity index (χ4v) is 3.35. The predicted octanol–water partition coefficient (Wildman–Crippen LogP) is 4.28. The predicted molar refractivity (Wildman–Crippen MR) is 89.2 cm³/mol. The van der Waals surface area contributed by atoms with Crippen LogP contribution in [0.1, 0.15) is 30.9 Å². The third-order valence-electron chi connectivity index (χ3n) is 3.36. The zero-order valence-electron chi connectivity index (χ0n) is 12.6. The molecule has 2 aromatic carbocycles. The number of hydrogen-bond acceptors (Lipinski definition) is 3. The summed E-state index contributed by atoms with van der Waals surface area (Å²) < 4.78 is 27.4. The van der Waals surface area contributed by atoms with E-state index in [-0.39, 0.29) is 16.6 Å². The third-order valence-corrected chi connectivity index (χ3v) is 5.00. The van der Waals surface area contributed by atoms with E-state index >= 15 is 0 Å². The van der Waals surface area contributed by atoms with Gasteiger partial charge >= 0.3 is 0 Å². The van der Waals surface area contributed by atoms with Crippen molar-refractivity contribution in [1.29, 1.82) is 0 Å². The summed E-state index contributed by atoms with van der Waals surface area (Å²) in [5, 5.41) is 10.4. The molecule has 0 unspecified atom stereocenters. The minimum absolute atomic E-state index is 0.0828. The first kappa shape index (κ1) is 16.6. The van der Waals surface area contributed by atoms with E-state index in [0.717, 1.165) is 0 Å². The number of phenolic OH excluding ortho intramolecular Hbond substituents is 1. The summed E-state index contributed by atoms with van der Waals surface area (Å²) >= 11 is 5.78. The second-order valence-corrected chi connectivity index (χ2v) is 7.56. The quantitative estimate of drug-likeness (QED) is 0.817. The Hall–Kier alpha value is -1.72. The van der Waals surface area contributed by atoms with E-state index in [1.54, 1.807) is 19.1 Å². The summed E-state index contributed by atoms with van der Waals surface area (Å²) in [5.41, 5.74) is 1.80. The molecular weight excluding hydrogens is 322 g/mol. The largest absolute Gasteiger partial charge is 0.508 e. The van der Waals surface area contributed by atoms with Gasteiger partial charge in [0.1, 0.15) is 5.75 Å². The van der Waals surface area contributed by atoms with Gasteiger partial charge in [0.15, 0.2) is 0 Å². The van der Waals surface area contributed by atoms with Crippen LogP contribution in [0, 0.1) is 6.92 Å². The van der Waals surface area contributed by atoms with E-state index in [4.69, 9.17) is 11.6 Å². The van der Waals surface area contributed by atoms with E-state index in [9.17, 15) is 13.5 Å². The lowest BCUT2D eigenvalue weighted by Gasteiger charge is -2.15. The Morgan fingerprint density at radius 3 is 2.27 bits per heavy atom. The first-order valence-electron chi connectivity index (χ1n) is 6.82. The Morgan fingerprint density at radius 2 is 1.73 bits per heavy atom. The maximum Gasteiger partial charge on any atom is 0.261 e. The van der Waals surface area contributed by atoms with Crippen molar-refractivity contribution in [3.63, 3.8) is 0 Å². The van der Waals surface area contributed by atoms with Crippen molar-refractivity contribution in [3.8, 4) is 5.75 Å². The van der Waals surface area contributed by atoms with Gasteiger partial charge < -0.3 is 5.11 Å². The van der Waals surface area contributed by atoms with Crippen LogP contribution in [-0.4, -0.2) is 13.5 Å². The monoisotopic (exact) mass is 339 g/mol. The molecular formula is C16H18ClNO3S. The molecule has 4 nitrogen and oxygen atoms in total. The van der Waals surface area contributed by atoms with Gasteiger partial charge in [0, 0.05) is 5.02 Å². The lowest BCUT2D eigenvalue weighted by molar-refractivity contribution is 0.464. The van der Waals surface area contributed by atoms with Crippen molar-refractivity contribution in [1.82, 2.24) is 0 Å². The molecule has 0 atom stereocenters. The highest BCUT2D eigenvalue weighted by molar-refractivity contribution is 7.92. The average Bonchev–Trinajstić information content (AvgIpc) is 2.41. The van der Waals surface area contributed by atoms with Crippen molar-refractivity contribution in [2.24, 2.45) is 0 Å². The molecule has 0 radical (unpaired) electrons. The zero-order chi connectivity index (χ0) is 16.5. The fourth-order valence-electron chi connectivity index (χ4n) is 2.10. The van der Waals surface area contributed by atoms with Gasteiger partial charge in [0.05, 0.1) is 10.6 Å². The number of benzene rings is 2. The second-order valence-electron chi connectivity index (χ2n) is 5.44. The first-order chi connectivity index (χ1) is 10.2. The van der Waals surface area contributed by atoms with E-state index in [0.29, 0.717) is 21.8 Å². The highest BCUT2D eigenvalue weighted by atomic mass is 35.5. The van der Waals surface area contributed by atoms with E-state index < -0.39 is 10.0 Å². The molecule has 22 heavy (non-hydrogen) atoms. The molecule has 0 aliphatic rings. The Kier molecular flexibility index (Phi) is 4.68. The van der Waals surface area contributed by atoms with Gasteiger partial charge in [-0.05, 0) is 60.4 Å². The minimum atomic E-state index is -3.70. The number of hydrogen-bond donors (Lipinski definition) is 2. The van der Waals surface area contributed by atoms with Crippen molar-refractivity contribution in [3.05, 3.63) is 52.5 Å². The van der Waals surface area contributed by atoms with Crippen LogP contribution in [0.4, 0.5) is 5.69 Å². The van der Waals surface area contributed by atoms with Crippen molar-refractivity contribution in [2.75, 3.05) is 4.72 Å². The van der Waals surface area contributed by atoms with Gasteiger partial charge in [-0.25, -0.2) is 8.42 Å². The number of aryl methyl sites for hydroxylation is 1. The summed E-state index contributed by atoms with van der Waals surface area (Å²) in [6, 6.07) is 9.18. The number of halogens is 1. The Balaban J connectivity index is 2.41. The van der Waals surface area contributed by atoms with Gasteiger partial charge in [-0.15, -0.1) is 0 Å². The number of anilines is 1. The summed E-state index contributed by atoms with van der Waals surface area (Å²) in [7, 11) is -3.70. The molecule has 0 aliphatic carbocycles. The van der Waals surface area contributed by atoms with Gasteiger partial charge in [-0.3, -0.25) is 4.72 Å². The molecule has 0 aromatic heterocycles. The lowest BCUT2D eigenvalue weighted by atomic mass is 9.99. The number of nitrogens with one attached hydrogen (secondary N) is 1. The van der Waals surface area contributed by atoms with E-state index in [1.807, 2.05) is 13.8 Å². The summed E-state index contributed by atoms with van der Waals surface area (Å²) in [4.78, 5) is 0.135. The van der Waals surface area contributed by atoms with Crippen LogP contribution in [-0.2, 0) is 10.0 Å². The fraction of sp³-hybridized carbons (Fsp3) is 0.250. The smallest absolute Gasteiger partial charge is 0.261 e. The molecule has 2 aromatic rings. The number of phenols is 1. The van der Waals surface area contributed by atoms with Crippen LogP contribution < -0.4 is 4.72 Å². The topological polar surface area (TPSA) is 66.4 Å². The summed E-state index contributed by atoms with van der Waals surface area (Å²) in [5.74, 6) is 0.251. The SMILES string of the molecule is Cc1cc(O)c(C(C)C)cc1NS(=O)(=O)c1ccc(Cl)cc1. The molecule has 0 heterocycles. The normalized spacial score (nSPS) is 11.7. The van der Waals surface area contributed by atoms with Gasteiger partial charge in [0.2, 0.25) is 0 Å². The second kappa shape index (κ2) is 6.18. The summed E-state index contributed by atoms with van der Waals surface area (Å²) in [6.45, 7) is 5.60. The summed E-state index contributed by atoms with van der Waals surface area (Å²) in [6.07, 6.45) is 0. The molecule has 0 amide bonds. The molecule has 118 valence electrons. The molecule has 0 bridgehead atoms. The van der Waals surface area contributed by atoms with E-state index in [2.05, 4.69) is 4.72 Å². The zero-order valence-corrected chi connectivity index (χ0v) is 14.2. The number of rotatable bonds is 4. The van der Waals surface area contributed by atoms with Gasteiger partial charge in [-0.1, -0.05) is 25.4 Å². The van der Waals surface area contributed by atoms with Crippen molar-refractivity contribution < 1.29 is 13.5 Å². The third kappa shape index (κ3) is 3.54. The molecule has 0 aliphatic heterocycles. The highest BCUT2D eigenvalue weighted by Crippen LogP contribution is 2.32. The molecule has 2 rings (SSSR count). The minimum Gasteiger partial charge on any atom is -0.508 e. The molecule has 6 heteroatoms. The molecule has 2 N–H and O–H groups in total. The van der Waals surface area contributed by atoms with Crippen LogP contribution in [0.3, 0.4) is 0 Å². The highest BCUT2D eigenvalue weighted by Gasteiger charge is 2.17. The van der Waals surface area contributed by atoms with Crippen LogP contribution in [0.25, 0.3) is 0 Å². The molecule has 0 fully saturated rings. The standard InChI is InChI=1S/C16H18ClNO3S/c1-10(2)14-9-15(11(3)8-16(14)19)18-22(20,21)13-6-4-12(17)5-7-13/h4-10,18-19H,1-3H3. The van der Waals surface area contributed by atoms with Crippen LogP contribution in [0.15, 0.2) is 41.3 Å². The molecule has 0 saturated carbocycles. The van der Waals surface area contributed by atoms with Gasteiger partial charge in [-0.2, -0.15) is 0 Å². The lowest BCUT2D eigenvalue weighted by Crippen LogP contribution is -2.14. The first-order valence-corrected chi connectivity index (χ1v) is 8.68. The van der Waals surface area contributed by atoms with Gasteiger partial charge in [0.25, 0.3) is 10.0 Å².